The number of anilines is 1. The van der Waals surface area contributed by atoms with E-state index in [1.54, 1.807) is 4.68 Å². The number of benzene rings is 1. The molecule has 0 aliphatic rings. The van der Waals surface area contributed by atoms with E-state index >= 15 is 0 Å². The molecule has 1 aromatic carbocycles. The largest absolute Gasteiger partial charge is 0.440 e. The first kappa shape index (κ1) is 19.1. The molecule has 3 heterocycles. The Balaban J connectivity index is 1.74. The Labute approximate surface area is 169 Å². The molecule has 0 atom stereocenters. The molecule has 7 nitrogen and oxygen atoms in total. The van der Waals surface area contributed by atoms with Crippen LogP contribution in [-0.4, -0.2) is 25.7 Å². The Morgan fingerprint density at radius 1 is 1.10 bits per heavy atom. The Bertz CT molecular complexity index is 1230. The number of nitrogens with zero attached hydrogens (tertiary/aromatic N) is 4. The highest BCUT2D eigenvalue weighted by atomic mass is 16.3. The number of aromatic nitrogens is 4. The molecule has 1 amide bonds. The van der Waals surface area contributed by atoms with Gasteiger partial charge in [0, 0.05) is 24.3 Å². The van der Waals surface area contributed by atoms with Crippen LogP contribution in [0.3, 0.4) is 0 Å². The van der Waals surface area contributed by atoms with Crippen LogP contribution >= 0.6 is 0 Å². The van der Waals surface area contributed by atoms with Gasteiger partial charge in [-0.3, -0.25) is 9.48 Å². The standard InChI is InChI=1S/C22H25N5O2/c1-11(2)16-10-15(19-13(5)26-27(6)20(19)24-16)21(28)23-14-7-8-18-17(9-14)25-22(29-18)12(3)4/h7-12H,1-6H3,(H,23,28). The van der Waals surface area contributed by atoms with Crippen molar-refractivity contribution in [3.8, 4) is 0 Å². The summed E-state index contributed by atoms with van der Waals surface area (Å²) in [7, 11) is 1.85. The van der Waals surface area contributed by atoms with Crippen molar-refractivity contribution in [2.75, 3.05) is 5.32 Å². The summed E-state index contributed by atoms with van der Waals surface area (Å²) in [5.74, 6) is 0.893. The van der Waals surface area contributed by atoms with E-state index in [4.69, 9.17) is 9.40 Å². The first-order chi connectivity index (χ1) is 13.7. The van der Waals surface area contributed by atoms with Crippen molar-refractivity contribution in [2.24, 2.45) is 7.05 Å². The normalized spacial score (nSPS) is 11.9. The summed E-state index contributed by atoms with van der Waals surface area (Å²) in [6.45, 7) is 10.1. The quantitative estimate of drug-likeness (QED) is 0.534. The van der Waals surface area contributed by atoms with Crippen LogP contribution in [0.1, 0.15) is 67.2 Å². The molecule has 0 saturated heterocycles. The van der Waals surface area contributed by atoms with Gasteiger partial charge in [-0.15, -0.1) is 0 Å². The Morgan fingerprint density at radius 2 is 1.86 bits per heavy atom. The summed E-state index contributed by atoms with van der Waals surface area (Å²) < 4.78 is 7.47. The third-order valence-corrected chi connectivity index (χ3v) is 4.98. The van der Waals surface area contributed by atoms with E-state index in [1.807, 2.05) is 52.1 Å². The minimum absolute atomic E-state index is 0.192. The van der Waals surface area contributed by atoms with Crippen molar-refractivity contribution in [3.63, 3.8) is 0 Å². The topological polar surface area (TPSA) is 85.8 Å². The second kappa shape index (κ2) is 6.99. The van der Waals surface area contributed by atoms with Crippen LogP contribution in [-0.2, 0) is 7.05 Å². The molecule has 0 aliphatic heterocycles. The number of carbonyl (C=O) groups is 1. The third-order valence-electron chi connectivity index (χ3n) is 4.98. The van der Waals surface area contributed by atoms with E-state index in [1.165, 1.54) is 0 Å². The Hall–Kier alpha value is -3.22. The number of oxazole rings is 1. The molecule has 7 heteroatoms. The molecule has 1 N–H and O–H groups in total. The van der Waals surface area contributed by atoms with Gasteiger partial charge in [-0.05, 0) is 37.1 Å². The summed E-state index contributed by atoms with van der Waals surface area (Å²) in [5.41, 5.74) is 5.04. The zero-order valence-electron chi connectivity index (χ0n) is 17.6. The Kier molecular flexibility index (Phi) is 4.61. The van der Waals surface area contributed by atoms with E-state index in [0.717, 1.165) is 22.3 Å². The molecule has 0 aliphatic carbocycles. The average Bonchev–Trinajstić information content (AvgIpc) is 3.22. The predicted octanol–water partition coefficient (Wildman–Crippen LogP) is 4.92. The Morgan fingerprint density at radius 3 is 2.55 bits per heavy atom. The average molecular weight is 391 g/mol. The number of nitrogens with one attached hydrogen (secondary N) is 1. The van der Waals surface area contributed by atoms with Gasteiger partial charge in [0.05, 0.1) is 16.6 Å². The molecule has 150 valence electrons. The predicted molar refractivity (Wildman–Crippen MR) is 113 cm³/mol. The molecule has 0 spiro atoms. The SMILES string of the molecule is Cc1nn(C)c2nc(C(C)C)cc(C(=O)Nc3ccc4oc(C(C)C)nc4c3)c12. The lowest BCUT2D eigenvalue weighted by atomic mass is 10.0. The van der Waals surface area contributed by atoms with Gasteiger partial charge >= 0.3 is 0 Å². The number of hydrogen-bond donors (Lipinski definition) is 1. The smallest absolute Gasteiger partial charge is 0.256 e. The molecule has 0 fully saturated rings. The molecular weight excluding hydrogens is 366 g/mol. The van der Waals surface area contributed by atoms with Gasteiger partial charge in [0.15, 0.2) is 17.1 Å². The number of aryl methyl sites for hydroxylation is 2. The zero-order valence-corrected chi connectivity index (χ0v) is 17.6. The van der Waals surface area contributed by atoms with Gasteiger partial charge in [0.1, 0.15) is 5.52 Å². The maximum absolute atomic E-state index is 13.2. The summed E-state index contributed by atoms with van der Waals surface area (Å²) in [5, 5.41) is 8.23. The van der Waals surface area contributed by atoms with Crippen molar-refractivity contribution < 1.29 is 9.21 Å². The van der Waals surface area contributed by atoms with Crippen LogP contribution < -0.4 is 5.32 Å². The van der Waals surface area contributed by atoms with Gasteiger partial charge in [-0.2, -0.15) is 5.10 Å². The number of pyridine rings is 1. The van der Waals surface area contributed by atoms with Gasteiger partial charge < -0.3 is 9.73 Å². The van der Waals surface area contributed by atoms with Crippen molar-refractivity contribution >= 4 is 33.7 Å². The lowest BCUT2D eigenvalue weighted by Gasteiger charge is -2.11. The van der Waals surface area contributed by atoms with Crippen molar-refractivity contribution in [2.45, 2.75) is 46.5 Å². The number of carbonyl (C=O) groups excluding carboxylic acids is 1. The first-order valence-electron chi connectivity index (χ1n) is 9.80. The van der Waals surface area contributed by atoms with Crippen molar-refractivity contribution in [3.05, 3.63) is 47.1 Å². The summed E-state index contributed by atoms with van der Waals surface area (Å²) in [6.07, 6.45) is 0. The zero-order chi connectivity index (χ0) is 20.9. The highest BCUT2D eigenvalue weighted by molar-refractivity contribution is 6.13. The molecule has 0 saturated carbocycles. The highest BCUT2D eigenvalue weighted by Gasteiger charge is 2.20. The maximum Gasteiger partial charge on any atom is 0.256 e. The fourth-order valence-corrected chi connectivity index (χ4v) is 3.41. The lowest BCUT2D eigenvalue weighted by molar-refractivity contribution is 0.102. The number of fused-ring (bicyclic) bond motifs is 2. The van der Waals surface area contributed by atoms with Crippen LogP contribution in [0.5, 0.6) is 0 Å². The second-order valence-corrected chi connectivity index (χ2v) is 8.00. The minimum Gasteiger partial charge on any atom is -0.440 e. The molecule has 4 rings (SSSR count). The highest BCUT2D eigenvalue weighted by Crippen LogP contribution is 2.27. The van der Waals surface area contributed by atoms with Gasteiger partial charge in [-0.1, -0.05) is 27.7 Å². The van der Waals surface area contributed by atoms with E-state index in [0.29, 0.717) is 28.4 Å². The molecule has 3 aromatic heterocycles. The summed E-state index contributed by atoms with van der Waals surface area (Å²) in [6, 6.07) is 7.36. The van der Waals surface area contributed by atoms with Gasteiger partial charge in [0.25, 0.3) is 5.91 Å². The van der Waals surface area contributed by atoms with Crippen LogP contribution in [0.4, 0.5) is 5.69 Å². The molecule has 0 radical (unpaired) electrons. The van der Waals surface area contributed by atoms with E-state index in [2.05, 4.69) is 29.2 Å². The molecule has 0 bridgehead atoms. The van der Waals surface area contributed by atoms with Gasteiger partial charge in [-0.25, -0.2) is 9.97 Å². The lowest BCUT2D eigenvalue weighted by Crippen LogP contribution is -2.14. The van der Waals surface area contributed by atoms with E-state index in [-0.39, 0.29) is 17.7 Å². The fraction of sp³-hybridized carbons (Fsp3) is 0.364. The number of amides is 1. The van der Waals surface area contributed by atoms with Gasteiger partial charge in [0.2, 0.25) is 0 Å². The number of rotatable bonds is 4. The van der Waals surface area contributed by atoms with Crippen LogP contribution in [0.25, 0.3) is 22.1 Å². The summed E-state index contributed by atoms with van der Waals surface area (Å²) >= 11 is 0. The van der Waals surface area contributed by atoms with Crippen LogP contribution in [0, 0.1) is 6.92 Å². The van der Waals surface area contributed by atoms with E-state index in [9.17, 15) is 4.79 Å². The van der Waals surface area contributed by atoms with Crippen LogP contribution in [0.15, 0.2) is 28.7 Å². The van der Waals surface area contributed by atoms with Crippen molar-refractivity contribution in [1.82, 2.24) is 19.7 Å². The first-order valence-corrected chi connectivity index (χ1v) is 9.80. The monoisotopic (exact) mass is 391 g/mol. The maximum atomic E-state index is 13.2. The van der Waals surface area contributed by atoms with Crippen LogP contribution in [0.2, 0.25) is 0 Å². The van der Waals surface area contributed by atoms with Crippen molar-refractivity contribution in [1.29, 1.82) is 0 Å². The fourth-order valence-electron chi connectivity index (χ4n) is 3.41. The second-order valence-electron chi connectivity index (χ2n) is 8.00. The third kappa shape index (κ3) is 3.37. The molecule has 4 aromatic rings. The molecule has 0 unspecified atom stereocenters. The summed E-state index contributed by atoms with van der Waals surface area (Å²) in [4.78, 5) is 22.4. The minimum atomic E-state index is -0.192. The molecule has 29 heavy (non-hydrogen) atoms. The number of hydrogen-bond acceptors (Lipinski definition) is 5. The molecular formula is C22H25N5O2. The van der Waals surface area contributed by atoms with E-state index < -0.39 is 0 Å².